The van der Waals surface area contributed by atoms with Crippen LogP contribution in [0.2, 0.25) is 5.02 Å². The highest BCUT2D eigenvalue weighted by molar-refractivity contribution is 6.37. The van der Waals surface area contributed by atoms with Crippen LogP contribution in [0.1, 0.15) is 26.5 Å². The molecule has 0 aliphatic carbocycles. The lowest BCUT2D eigenvalue weighted by atomic mass is 10.1. The molecule has 0 radical (unpaired) electrons. The van der Waals surface area contributed by atoms with Gasteiger partial charge < -0.3 is 10.1 Å². The lowest BCUT2D eigenvalue weighted by Gasteiger charge is -2.18. The van der Waals surface area contributed by atoms with Gasteiger partial charge in [0.25, 0.3) is 11.8 Å². The van der Waals surface area contributed by atoms with Crippen LogP contribution in [0.15, 0.2) is 29.6 Å². The molecule has 2 amide bonds. The molecule has 0 atom stereocenters. The van der Waals surface area contributed by atoms with Gasteiger partial charge in [-0.25, -0.2) is 10.5 Å². The fourth-order valence-corrected chi connectivity index (χ4v) is 2.71. The minimum Gasteiger partial charge on any atom is -0.404 e. The fourth-order valence-electron chi connectivity index (χ4n) is 2.42. The third kappa shape index (κ3) is 5.10. The molecular weight excluding hydrogens is 445 g/mol. The number of benzene rings is 1. The summed E-state index contributed by atoms with van der Waals surface area (Å²) in [4.78, 5) is 32.9. The summed E-state index contributed by atoms with van der Waals surface area (Å²) in [6.45, 7) is 1.49. The van der Waals surface area contributed by atoms with Crippen LogP contribution >= 0.6 is 11.6 Å². The van der Waals surface area contributed by atoms with Gasteiger partial charge in [0, 0.05) is 19.4 Å². The van der Waals surface area contributed by atoms with Crippen molar-refractivity contribution in [2.45, 2.75) is 13.3 Å². The van der Waals surface area contributed by atoms with Gasteiger partial charge in [0.15, 0.2) is 5.75 Å². The second kappa shape index (κ2) is 8.61. The summed E-state index contributed by atoms with van der Waals surface area (Å²) in [5.41, 5.74) is 4.21. The van der Waals surface area contributed by atoms with E-state index in [0.717, 1.165) is 12.1 Å². The summed E-state index contributed by atoms with van der Waals surface area (Å²) >= 11 is 6.19. The van der Waals surface area contributed by atoms with Crippen LogP contribution in [0.5, 0.6) is 5.75 Å². The van der Waals surface area contributed by atoms with Gasteiger partial charge in [-0.15, -0.1) is 23.8 Å². The van der Waals surface area contributed by atoms with Crippen LogP contribution in [0.25, 0.3) is 0 Å². The van der Waals surface area contributed by atoms with Crippen molar-refractivity contribution < 1.29 is 27.5 Å². The maximum Gasteiger partial charge on any atom is 0.573 e. The van der Waals surface area contributed by atoms with Crippen molar-refractivity contribution in [1.82, 2.24) is 31.4 Å². The predicted octanol–water partition coefficient (Wildman–Crippen LogP) is 1.54. The highest BCUT2D eigenvalue weighted by Crippen LogP contribution is 2.38. The van der Waals surface area contributed by atoms with E-state index in [1.54, 1.807) is 0 Å². The molecule has 2 heterocycles. The molecule has 11 nitrogen and oxygen atoms in total. The Morgan fingerprint density at radius 2 is 1.87 bits per heavy atom. The number of carbonyl (C=O) groups excluding carboxylic acids is 2. The number of halogens is 4. The van der Waals surface area contributed by atoms with Gasteiger partial charge >= 0.3 is 6.36 Å². The fraction of sp³-hybridized carbons (Fsp3) is 0.188. The number of aryl methyl sites for hydroxylation is 1. The Hall–Kier alpha value is -3.65. The molecule has 1 aliphatic rings. The summed E-state index contributed by atoms with van der Waals surface area (Å²) in [7, 11) is 1.54. The number of ether oxygens (including phenoxy) is 1. The van der Waals surface area contributed by atoms with Crippen LogP contribution in [-0.2, 0) is 0 Å². The maximum absolute atomic E-state index is 12.8. The second-order valence-electron chi connectivity index (χ2n) is 5.96. The van der Waals surface area contributed by atoms with Gasteiger partial charge in [-0.1, -0.05) is 11.6 Å². The number of nitrogens with one attached hydrogen (secondary N) is 4. The van der Waals surface area contributed by atoms with Gasteiger partial charge in [-0.3, -0.25) is 24.9 Å². The summed E-state index contributed by atoms with van der Waals surface area (Å²) in [6, 6.07) is 1.86. The third-order valence-corrected chi connectivity index (χ3v) is 4.22. The monoisotopic (exact) mass is 458 g/mol. The molecule has 1 aliphatic heterocycles. The Morgan fingerprint density at radius 1 is 1.16 bits per heavy atom. The standard InChI is InChI=1S/C16H14ClF3N8O3/c1-7-11(22-6-5-21-7)14(30)23-12-9(31-16(18,19)20)4-3-8(10(12)17)13(29)24-15-25-26-27-28(15)2/h3-6,26-27H,1-2H3,(H,23,30)(H,24,25,29). The Bertz CT molecular complexity index is 1060. The molecule has 4 N–H and O–H groups in total. The van der Waals surface area contributed by atoms with Gasteiger partial charge in [0.05, 0.1) is 16.3 Å². The third-order valence-electron chi connectivity index (χ3n) is 3.83. The van der Waals surface area contributed by atoms with E-state index in [4.69, 9.17) is 11.6 Å². The number of hydrazine groups is 2. The number of anilines is 1. The number of hydrogen-bond donors (Lipinski definition) is 4. The van der Waals surface area contributed by atoms with Crippen molar-refractivity contribution in [3.05, 3.63) is 46.5 Å². The van der Waals surface area contributed by atoms with E-state index in [2.05, 4.69) is 41.5 Å². The number of hydrogen-bond acceptors (Lipinski definition) is 9. The van der Waals surface area contributed by atoms with Crippen LogP contribution in [-0.4, -0.2) is 46.2 Å². The van der Waals surface area contributed by atoms with E-state index in [1.165, 1.54) is 31.4 Å². The summed E-state index contributed by atoms with van der Waals surface area (Å²) in [5, 5.41) is 9.20. The highest BCUT2D eigenvalue weighted by atomic mass is 35.5. The average Bonchev–Trinajstić information content (AvgIpc) is 3.08. The summed E-state index contributed by atoms with van der Waals surface area (Å²) < 4.78 is 42.5. The minimum atomic E-state index is -5.08. The molecule has 164 valence electrons. The number of nitrogens with zero attached hydrogens (tertiary/aromatic N) is 4. The SMILES string of the molecule is Cc1nccnc1C(=O)Nc1c(OC(F)(F)F)ccc(C(=O)NC2=NNNN2C)c1Cl. The Morgan fingerprint density at radius 3 is 2.48 bits per heavy atom. The molecule has 3 rings (SSSR count). The molecule has 0 bridgehead atoms. The first-order chi connectivity index (χ1) is 14.6. The topological polar surface area (TPSA) is 133 Å². The van der Waals surface area contributed by atoms with Crippen LogP contribution < -0.4 is 26.4 Å². The minimum absolute atomic E-state index is 0.0671. The van der Waals surface area contributed by atoms with Crippen LogP contribution in [0, 0.1) is 6.92 Å². The Labute approximate surface area is 177 Å². The van der Waals surface area contributed by atoms with Crippen molar-refractivity contribution in [1.29, 1.82) is 0 Å². The highest BCUT2D eigenvalue weighted by Gasteiger charge is 2.34. The van der Waals surface area contributed by atoms with E-state index < -0.39 is 34.6 Å². The summed E-state index contributed by atoms with van der Waals surface area (Å²) in [5.74, 6) is -2.45. The molecule has 2 aromatic rings. The molecule has 0 spiro atoms. The first-order valence-corrected chi connectivity index (χ1v) is 8.75. The van der Waals surface area contributed by atoms with E-state index in [1.807, 2.05) is 0 Å². The Balaban J connectivity index is 1.97. The number of rotatable bonds is 4. The number of aromatic nitrogens is 2. The van der Waals surface area contributed by atoms with Gasteiger partial charge in [-0.05, 0) is 19.1 Å². The molecule has 0 saturated heterocycles. The molecule has 31 heavy (non-hydrogen) atoms. The number of guanidine groups is 1. The number of hydrazone groups is 1. The van der Waals surface area contributed by atoms with E-state index >= 15 is 0 Å². The predicted molar refractivity (Wildman–Crippen MR) is 102 cm³/mol. The summed E-state index contributed by atoms with van der Waals surface area (Å²) in [6.07, 6.45) is -2.50. The zero-order valence-electron chi connectivity index (χ0n) is 15.8. The molecule has 1 aromatic carbocycles. The van der Waals surface area contributed by atoms with E-state index in [9.17, 15) is 22.8 Å². The smallest absolute Gasteiger partial charge is 0.404 e. The molecule has 15 heteroatoms. The lowest BCUT2D eigenvalue weighted by molar-refractivity contribution is -0.274. The van der Waals surface area contributed by atoms with Crippen LogP contribution in [0.3, 0.4) is 0 Å². The zero-order valence-corrected chi connectivity index (χ0v) is 16.6. The zero-order chi connectivity index (χ0) is 22.8. The quantitative estimate of drug-likeness (QED) is 0.542. The first-order valence-electron chi connectivity index (χ1n) is 8.37. The van der Waals surface area contributed by atoms with Crippen molar-refractivity contribution in [2.75, 3.05) is 12.4 Å². The van der Waals surface area contributed by atoms with Crippen molar-refractivity contribution in [2.24, 2.45) is 5.10 Å². The molecular formula is C16H14ClF3N8O3. The van der Waals surface area contributed by atoms with Crippen molar-refractivity contribution >= 4 is 35.1 Å². The van der Waals surface area contributed by atoms with Gasteiger partial charge in [0.1, 0.15) is 11.4 Å². The average molecular weight is 459 g/mol. The van der Waals surface area contributed by atoms with E-state index in [0.29, 0.717) is 0 Å². The molecule has 1 aromatic heterocycles. The second-order valence-corrected chi connectivity index (χ2v) is 6.34. The van der Waals surface area contributed by atoms with Gasteiger partial charge in [0.2, 0.25) is 5.96 Å². The molecule has 0 saturated carbocycles. The van der Waals surface area contributed by atoms with Gasteiger partial charge in [-0.2, -0.15) is 0 Å². The van der Waals surface area contributed by atoms with Crippen molar-refractivity contribution in [3.8, 4) is 5.75 Å². The lowest BCUT2D eigenvalue weighted by Crippen LogP contribution is -2.45. The maximum atomic E-state index is 12.8. The largest absolute Gasteiger partial charge is 0.573 e. The van der Waals surface area contributed by atoms with E-state index in [-0.39, 0.29) is 22.9 Å². The number of alkyl halides is 3. The first kappa shape index (κ1) is 22.0. The molecule has 0 fully saturated rings. The normalized spacial score (nSPS) is 13.4. The van der Waals surface area contributed by atoms with Crippen molar-refractivity contribution in [3.63, 3.8) is 0 Å². The number of carbonyl (C=O) groups is 2. The van der Waals surface area contributed by atoms with Crippen LogP contribution in [0.4, 0.5) is 18.9 Å². The number of amides is 2. The molecule has 0 unspecified atom stereocenters. The Kier molecular flexibility index (Phi) is 6.12.